The number of benzene rings is 1. The van der Waals surface area contributed by atoms with Gasteiger partial charge in [0.1, 0.15) is 6.54 Å². The standard InChI is InChI=1S/C27H34N4O3.ClH/c32-25(22-9-10-22)28-24(21-6-2-1-3-7-21)11-16-29-17-12-27(13-18-29)14-19-30(26(27)33)20-23-8-4-5-15-31(23)34;/h1-8,15,22,24H,9-14,16-20H2,(H,28,32);1H/t24-;/m0./s1. The second-order valence-electron chi connectivity index (χ2n) is 10.2. The Morgan fingerprint density at radius 1 is 1.06 bits per heavy atom. The number of pyridine rings is 1. The summed E-state index contributed by atoms with van der Waals surface area (Å²) in [6.45, 7) is 3.79. The SMILES string of the molecule is Cl.O=C(N[C@@H](CCN1CCC2(CC1)CCN(Cc1cccc[n+]1[O-])C2=O)c1ccccc1)C1CC1. The van der Waals surface area contributed by atoms with Crippen LogP contribution in [0.15, 0.2) is 54.7 Å². The highest BCUT2D eigenvalue weighted by molar-refractivity contribution is 5.85. The van der Waals surface area contributed by atoms with Crippen molar-refractivity contribution in [1.82, 2.24) is 15.1 Å². The first kappa shape index (κ1) is 25.5. The molecule has 2 amide bonds. The molecule has 0 unspecified atom stereocenters. The summed E-state index contributed by atoms with van der Waals surface area (Å²) in [7, 11) is 0. The van der Waals surface area contributed by atoms with E-state index in [9.17, 15) is 14.8 Å². The molecule has 2 saturated heterocycles. The lowest BCUT2D eigenvalue weighted by molar-refractivity contribution is -0.615. The molecule has 8 heteroatoms. The lowest BCUT2D eigenvalue weighted by atomic mass is 9.77. The Balaban J connectivity index is 0.00000289. The van der Waals surface area contributed by atoms with Crippen molar-refractivity contribution in [3.8, 4) is 0 Å². The summed E-state index contributed by atoms with van der Waals surface area (Å²) in [5.74, 6) is 0.583. The van der Waals surface area contributed by atoms with Crippen LogP contribution in [0.1, 0.15) is 55.8 Å². The van der Waals surface area contributed by atoms with E-state index in [-0.39, 0.29) is 41.6 Å². The quantitative estimate of drug-likeness (QED) is 0.447. The zero-order chi connectivity index (χ0) is 23.5. The van der Waals surface area contributed by atoms with Crippen molar-refractivity contribution >= 4 is 24.2 Å². The molecule has 3 fully saturated rings. The van der Waals surface area contributed by atoms with Crippen LogP contribution in [0.3, 0.4) is 0 Å². The van der Waals surface area contributed by atoms with Crippen molar-refractivity contribution in [1.29, 1.82) is 0 Å². The molecule has 2 aliphatic heterocycles. The molecule has 0 bridgehead atoms. The first-order valence-corrected chi connectivity index (χ1v) is 12.6. The van der Waals surface area contributed by atoms with Gasteiger partial charge in [-0.25, -0.2) is 0 Å². The second kappa shape index (κ2) is 11.0. The largest absolute Gasteiger partial charge is 0.618 e. The normalized spacial score (nSPS) is 20.5. The van der Waals surface area contributed by atoms with Crippen LogP contribution >= 0.6 is 12.4 Å². The van der Waals surface area contributed by atoms with Crippen molar-refractivity contribution in [3.05, 3.63) is 71.2 Å². The molecule has 1 saturated carbocycles. The second-order valence-corrected chi connectivity index (χ2v) is 10.2. The van der Waals surface area contributed by atoms with Crippen LogP contribution in [0.4, 0.5) is 0 Å². The van der Waals surface area contributed by atoms with E-state index < -0.39 is 0 Å². The molecular formula is C27H35ClN4O3. The molecule has 3 aliphatic rings. The van der Waals surface area contributed by atoms with Gasteiger partial charge in [-0.15, -0.1) is 12.4 Å². The van der Waals surface area contributed by atoms with E-state index in [1.165, 1.54) is 6.20 Å². The molecule has 1 N–H and O–H groups in total. The van der Waals surface area contributed by atoms with Crippen molar-refractivity contribution in [2.45, 2.75) is 51.1 Å². The Labute approximate surface area is 213 Å². The Hall–Kier alpha value is -2.64. The number of carbonyl (C=O) groups excluding carboxylic acids is 2. The average molecular weight is 499 g/mol. The maximum absolute atomic E-state index is 13.3. The zero-order valence-electron chi connectivity index (χ0n) is 20.1. The molecule has 1 aliphatic carbocycles. The number of nitrogens with one attached hydrogen (secondary N) is 1. The van der Waals surface area contributed by atoms with E-state index in [0.29, 0.717) is 12.2 Å². The molecule has 3 heterocycles. The number of carbonyl (C=O) groups is 2. The molecule has 1 atom stereocenters. The first-order valence-electron chi connectivity index (χ1n) is 12.6. The summed E-state index contributed by atoms with van der Waals surface area (Å²) in [5, 5.41) is 15.3. The van der Waals surface area contributed by atoms with Crippen LogP contribution < -0.4 is 10.0 Å². The summed E-state index contributed by atoms with van der Waals surface area (Å²) in [4.78, 5) is 30.0. The highest BCUT2D eigenvalue weighted by Crippen LogP contribution is 2.42. The number of hydrogen-bond acceptors (Lipinski definition) is 4. The molecule has 5 rings (SSSR count). The van der Waals surface area contributed by atoms with Crippen molar-refractivity contribution in [2.75, 3.05) is 26.2 Å². The number of halogens is 1. The minimum atomic E-state index is -0.280. The van der Waals surface area contributed by atoms with Crippen LogP contribution in [0.5, 0.6) is 0 Å². The fraction of sp³-hybridized carbons (Fsp3) is 0.519. The molecule has 35 heavy (non-hydrogen) atoms. The minimum absolute atomic E-state index is 0. The van der Waals surface area contributed by atoms with Crippen molar-refractivity contribution in [2.24, 2.45) is 11.3 Å². The highest BCUT2D eigenvalue weighted by Gasteiger charge is 2.48. The summed E-state index contributed by atoms with van der Waals surface area (Å²) in [6.07, 6.45) is 6.96. The lowest BCUT2D eigenvalue weighted by Crippen LogP contribution is -2.46. The van der Waals surface area contributed by atoms with Gasteiger partial charge in [0.15, 0.2) is 6.20 Å². The maximum Gasteiger partial charge on any atom is 0.229 e. The average Bonchev–Trinajstić information content (AvgIpc) is 3.68. The molecule has 188 valence electrons. The third-order valence-corrected chi connectivity index (χ3v) is 7.87. The fourth-order valence-corrected chi connectivity index (χ4v) is 5.45. The highest BCUT2D eigenvalue weighted by atomic mass is 35.5. The van der Waals surface area contributed by atoms with Crippen LogP contribution in [-0.2, 0) is 16.1 Å². The molecule has 0 radical (unpaired) electrons. The van der Waals surface area contributed by atoms with E-state index in [1.807, 2.05) is 29.2 Å². The number of rotatable bonds is 8. The monoisotopic (exact) mass is 498 g/mol. The molecular weight excluding hydrogens is 464 g/mol. The number of piperidine rings is 1. The summed E-state index contributed by atoms with van der Waals surface area (Å²) >= 11 is 0. The lowest BCUT2D eigenvalue weighted by Gasteiger charge is -2.38. The van der Waals surface area contributed by atoms with Gasteiger partial charge in [0, 0.05) is 31.1 Å². The third-order valence-electron chi connectivity index (χ3n) is 7.87. The van der Waals surface area contributed by atoms with E-state index in [0.717, 1.165) is 75.0 Å². The van der Waals surface area contributed by atoms with Gasteiger partial charge >= 0.3 is 0 Å². The van der Waals surface area contributed by atoms with E-state index in [1.54, 1.807) is 12.1 Å². The van der Waals surface area contributed by atoms with Gasteiger partial charge in [-0.2, -0.15) is 4.73 Å². The number of likely N-dealkylation sites (tertiary alicyclic amines) is 2. The van der Waals surface area contributed by atoms with E-state index >= 15 is 0 Å². The Morgan fingerprint density at radius 2 is 1.74 bits per heavy atom. The summed E-state index contributed by atoms with van der Waals surface area (Å²) < 4.78 is 0.853. The molecule has 1 spiro atoms. The van der Waals surface area contributed by atoms with Gasteiger partial charge < -0.3 is 20.3 Å². The summed E-state index contributed by atoms with van der Waals surface area (Å²) in [6, 6.07) is 15.6. The Kier molecular flexibility index (Phi) is 7.97. The first-order chi connectivity index (χ1) is 16.5. The molecule has 7 nitrogen and oxygen atoms in total. The molecule has 1 aromatic heterocycles. The van der Waals surface area contributed by atoms with Gasteiger partial charge in [-0.05, 0) is 63.2 Å². The molecule has 1 aromatic carbocycles. The van der Waals surface area contributed by atoms with Gasteiger partial charge in [-0.3, -0.25) is 9.59 Å². The number of aromatic nitrogens is 1. The number of nitrogens with zero attached hydrogens (tertiary/aromatic N) is 3. The van der Waals surface area contributed by atoms with E-state index in [2.05, 4.69) is 22.3 Å². The van der Waals surface area contributed by atoms with Crippen molar-refractivity contribution < 1.29 is 14.3 Å². The molecule has 2 aromatic rings. The summed E-state index contributed by atoms with van der Waals surface area (Å²) in [5.41, 5.74) is 1.49. The predicted octanol–water partition coefficient (Wildman–Crippen LogP) is 3.21. The number of hydrogen-bond donors (Lipinski definition) is 1. The van der Waals surface area contributed by atoms with Crippen LogP contribution in [0.2, 0.25) is 0 Å². The minimum Gasteiger partial charge on any atom is -0.618 e. The zero-order valence-corrected chi connectivity index (χ0v) is 20.9. The Morgan fingerprint density at radius 3 is 2.43 bits per heavy atom. The van der Waals surface area contributed by atoms with Gasteiger partial charge in [0.25, 0.3) is 0 Å². The van der Waals surface area contributed by atoms with Crippen molar-refractivity contribution in [3.63, 3.8) is 0 Å². The fourth-order valence-electron chi connectivity index (χ4n) is 5.45. The topological polar surface area (TPSA) is 79.6 Å². The van der Waals surface area contributed by atoms with Crippen LogP contribution in [0.25, 0.3) is 0 Å². The van der Waals surface area contributed by atoms with Gasteiger partial charge in [0.05, 0.1) is 11.5 Å². The smallest absolute Gasteiger partial charge is 0.229 e. The Bertz CT molecular complexity index is 1020. The van der Waals surface area contributed by atoms with E-state index in [4.69, 9.17) is 0 Å². The van der Waals surface area contributed by atoms with Crippen LogP contribution in [-0.4, -0.2) is 47.8 Å². The van der Waals surface area contributed by atoms with Crippen LogP contribution in [0, 0.1) is 16.5 Å². The van der Waals surface area contributed by atoms with Gasteiger partial charge in [-0.1, -0.05) is 30.3 Å². The maximum atomic E-state index is 13.3. The number of amides is 2. The van der Waals surface area contributed by atoms with Gasteiger partial charge in [0.2, 0.25) is 17.5 Å². The third kappa shape index (κ3) is 5.78. The predicted molar refractivity (Wildman–Crippen MR) is 135 cm³/mol.